The van der Waals surface area contributed by atoms with Crippen LogP contribution >= 0.6 is 0 Å². The number of pyridine rings is 1. The number of furan rings is 1. The molecule has 0 aliphatic rings. The zero-order valence-electron chi connectivity index (χ0n) is 13.7. The second-order valence-corrected chi connectivity index (χ2v) is 6.22. The molecule has 2 aromatic heterocycles. The van der Waals surface area contributed by atoms with Crippen molar-refractivity contribution in [1.29, 1.82) is 0 Å². The Balaban J connectivity index is 1.40. The van der Waals surface area contributed by atoms with E-state index in [1.54, 1.807) is 6.26 Å². The maximum absolute atomic E-state index is 5.09. The van der Waals surface area contributed by atoms with E-state index in [0.29, 0.717) is 6.04 Å². The van der Waals surface area contributed by atoms with Crippen LogP contribution in [0.25, 0.3) is 10.8 Å². The number of aryl methyl sites for hydroxylation is 1. The molecule has 0 unspecified atom stereocenters. The Morgan fingerprint density at radius 2 is 2.04 bits per heavy atom. The molecule has 120 valence electrons. The Labute approximate surface area is 137 Å². The number of nitrogens with zero attached hydrogens (tertiary/aromatic N) is 1. The first-order chi connectivity index (χ1) is 11.3. The Morgan fingerprint density at radius 1 is 1.09 bits per heavy atom. The van der Waals surface area contributed by atoms with Gasteiger partial charge in [0.05, 0.1) is 12.5 Å². The van der Waals surface area contributed by atoms with E-state index >= 15 is 0 Å². The van der Waals surface area contributed by atoms with Gasteiger partial charge in [0, 0.05) is 30.4 Å². The molecule has 0 spiro atoms. The van der Waals surface area contributed by atoms with Crippen LogP contribution in [0.5, 0.6) is 0 Å². The monoisotopic (exact) mass is 308 g/mol. The van der Waals surface area contributed by atoms with E-state index in [1.807, 2.05) is 18.7 Å². The van der Waals surface area contributed by atoms with E-state index in [4.69, 9.17) is 4.42 Å². The number of hydrogen-bond donors (Lipinski definition) is 1. The summed E-state index contributed by atoms with van der Waals surface area (Å²) in [6, 6.07) is 11.2. The summed E-state index contributed by atoms with van der Waals surface area (Å²) < 4.78 is 5.09. The topological polar surface area (TPSA) is 38.1 Å². The Kier molecular flexibility index (Phi) is 5.43. The van der Waals surface area contributed by atoms with Crippen LogP contribution in [0.4, 0.5) is 0 Å². The van der Waals surface area contributed by atoms with Crippen molar-refractivity contribution in [3.63, 3.8) is 0 Å². The lowest BCUT2D eigenvalue weighted by Gasteiger charge is -2.14. The maximum Gasteiger partial charge on any atom is 0.0934 e. The van der Waals surface area contributed by atoms with Crippen molar-refractivity contribution in [3.05, 3.63) is 66.4 Å². The number of aromatic nitrogens is 1. The van der Waals surface area contributed by atoms with Gasteiger partial charge in [0.1, 0.15) is 0 Å². The highest BCUT2D eigenvalue weighted by Crippen LogP contribution is 2.15. The molecule has 23 heavy (non-hydrogen) atoms. The molecular formula is C20H24N2O. The van der Waals surface area contributed by atoms with Crippen LogP contribution in [0.1, 0.15) is 37.3 Å². The summed E-state index contributed by atoms with van der Waals surface area (Å²) >= 11 is 0. The molecule has 1 atom stereocenters. The highest BCUT2D eigenvalue weighted by molar-refractivity contribution is 5.81. The predicted molar refractivity (Wildman–Crippen MR) is 94.3 cm³/mol. The molecule has 1 N–H and O–H groups in total. The minimum absolute atomic E-state index is 0.535. The average Bonchev–Trinajstić information content (AvgIpc) is 3.10. The third-order valence-corrected chi connectivity index (χ3v) is 4.29. The summed E-state index contributed by atoms with van der Waals surface area (Å²) in [5.41, 5.74) is 2.63. The molecule has 3 rings (SSSR count). The Bertz CT molecular complexity index is 721. The van der Waals surface area contributed by atoms with Crippen molar-refractivity contribution in [2.45, 2.75) is 45.2 Å². The zero-order valence-corrected chi connectivity index (χ0v) is 13.7. The van der Waals surface area contributed by atoms with E-state index < -0.39 is 0 Å². The van der Waals surface area contributed by atoms with Gasteiger partial charge < -0.3 is 9.73 Å². The molecule has 3 heteroatoms. The van der Waals surface area contributed by atoms with Crippen LogP contribution in [0.3, 0.4) is 0 Å². The van der Waals surface area contributed by atoms with E-state index in [0.717, 1.165) is 13.0 Å². The van der Waals surface area contributed by atoms with Crippen molar-refractivity contribution in [2.75, 3.05) is 0 Å². The van der Waals surface area contributed by atoms with E-state index in [9.17, 15) is 0 Å². The summed E-state index contributed by atoms with van der Waals surface area (Å²) in [7, 11) is 0. The molecule has 0 bridgehead atoms. The third-order valence-electron chi connectivity index (χ3n) is 4.29. The molecule has 2 heterocycles. The molecule has 0 radical (unpaired) electrons. The number of hydrogen-bond acceptors (Lipinski definition) is 3. The second kappa shape index (κ2) is 7.93. The fourth-order valence-electron chi connectivity index (χ4n) is 2.85. The summed E-state index contributed by atoms with van der Waals surface area (Å²) in [4.78, 5) is 4.16. The number of benzene rings is 1. The molecule has 0 saturated carbocycles. The fourth-order valence-corrected chi connectivity index (χ4v) is 2.85. The average molecular weight is 308 g/mol. The van der Waals surface area contributed by atoms with Crippen LogP contribution in [0.2, 0.25) is 0 Å². The van der Waals surface area contributed by atoms with Gasteiger partial charge in [-0.1, -0.05) is 18.6 Å². The van der Waals surface area contributed by atoms with Crippen molar-refractivity contribution in [1.82, 2.24) is 10.3 Å². The minimum Gasteiger partial charge on any atom is -0.472 e. The molecule has 3 aromatic rings. The molecule has 0 fully saturated rings. The van der Waals surface area contributed by atoms with Gasteiger partial charge in [-0.3, -0.25) is 4.98 Å². The number of fused-ring (bicyclic) bond motifs is 1. The quantitative estimate of drug-likeness (QED) is 0.612. The van der Waals surface area contributed by atoms with Crippen LogP contribution in [-0.2, 0) is 13.0 Å². The smallest absolute Gasteiger partial charge is 0.0934 e. The lowest BCUT2D eigenvalue weighted by Crippen LogP contribution is -2.25. The van der Waals surface area contributed by atoms with Crippen molar-refractivity contribution >= 4 is 10.8 Å². The zero-order chi connectivity index (χ0) is 15.9. The van der Waals surface area contributed by atoms with Gasteiger partial charge in [0.15, 0.2) is 0 Å². The first-order valence-electron chi connectivity index (χ1n) is 8.38. The van der Waals surface area contributed by atoms with Crippen molar-refractivity contribution in [2.24, 2.45) is 0 Å². The largest absolute Gasteiger partial charge is 0.472 e. The van der Waals surface area contributed by atoms with E-state index in [2.05, 4.69) is 47.6 Å². The molecular weight excluding hydrogens is 284 g/mol. The first-order valence-corrected chi connectivity index (χ1v) is 8.38. The third kappa shape index (κ3) is 4.67. The molecule has 0 amide bonds. The molecule has 3 nitrogen and oxygen atoms in total. The summed E-state index contributed by atoms with van der Waals surface area (Å²) in [6.45, 7) is 3.18. The molecule has 0 aliphatic heterocycles. The summed E-state index contributed by atoms with van der Waals surface area (Å²) in [5.74, 6) is 0. The minimum atomic E-state index is 0.535. The van der Waals surface area contributed by atoms with Crippen molar-refractivity contribution < 1.29 is 4.42 Å². The molecule has 0 saturated heterocycles. The Morgan fingerprint density at radius 3 is 2.91 bits per heavy atom. The van der Waals surface area contributed by atoms with E-state index in [-0.39, 0.29) is 0 Å². The van der Waals surface area contributed by atoms with E-state index in [1.165, 1.54) is 41.2 Å². The fraction of sp³-hybridized carbons (Fsp3) is 0.350. The summed E-state index contributed by atoms with van der Waals surface area (Å²) in [5, 5.41) is 6.08. The van der Waals surface area contributed by atoms with Crippen molar-refractivity contribution in [3.8, 4) is 0 Å². The van der Waals surface area contributed by atoms with Gasteiger partial charge >= 0.3 is 0 Å². The van der Waals surface area contributed by atoms with Gasteiger partial charge in [0.25, 0.3) is 0 Å². The Hall–Kier alpha value is -2.13. The highest BCUT2D eigenvalue weighted by Gasteiger charge is 2.03. The van der Waals surface area contributed by atoms with Crippen LogP contribution in [-0.4, -0.2) is 11.0 Å². The highest BCUT2D eigenvalue weighted by atomic mass is 16.3. The van der Waals surface area contributed by atoms with Crippen LogP contribution < -0.4 is 5.32 Å². The molecule has 0 aliphatic carbocycles. The maximum atomic E-state index is 5.09. The first kappa shape index (κ1) is 15.8. The lowest BCUT2D eigenvalue weighted by atomic mass is 10.1. The van der Waals surface area contributed by atoms with Gasteiger partial charge in [-0.2, -0.15) is 0 Å². The van der Waals surface area contributed by atoms with Gasteiger partial charge in [-0.15, -0.1) is 0 Å². The normalized spacial score (nSPS) is 12.6. The molecule has 1 aromatic carbocycles. The van der Waals surface area contributed by atoms with Crippen LogP contribution in [0, 0.1) is 0 Å². The number of rotatable bonds is 8. The van der Waals surface area contributed by atoms with Gasteiger partial charge in [-0.05, 0) is 60.9 Å². The SMILES string of the molecule is C[C@H](CCCCc1ccoc1)NCc1ccc2cnccc2c1. The van der Waals surface area contributed by atoms with Gasteiger partial charge in [0.2, 0.25) is 0 Å². The number of unbranched alkanes of at least 4 members (excludes halogenated alkanes) is 1. The van der Waals surface area contributed by atoms with Crippen LogP contribution in [0.15, 0.2) is 59.7 Å². The number of nitrogens with one attached hydrogen (secondary N) is 1. The summed E-state index contributed by atoms with van der Waals surface area (Å²) in [6.07, 6.45) is 12.1. The lowest BCUT2D eigenvalue weighted by molar-refractivity contribution is 0.488. The standard InChI is InChI=1S/C20H24N2O/c1-16(4-2-3-5-17-9-11-23-15-17)22-13-18-6-7-20-14-21-10-8-19(20)12-18/h6-12,14-16,22H,2-5,13H2,1H3/t16-/m1/s1. The predicted octanol–water partition coefficient (Wildman–Crippen LogP) is 4.72. The second-order valence-electron chi connectivity index (χ2n) is 6.22. The van der Waals surface area contributed by atoms with Gasteiger partial charge in [-0.25, -0.2) is 0 Å².